The molecule has 0 aliphatic heterocycles. The van der Waals surface area contributed by atoms with Crippen LogP contribution in [0.2, 0.25) is 0 Å². The van der Waals surface area contributed by atoms with Gasteiger partial charge >= 0.3 is 0 Å². The molecule has 0 aromatic carbocycles. The summed E-state index contributed by atoms with van der Waals surface area (Å²) in [5, 5.41) is 0.705. The van der Waals surface area contributed by atoms with Gasteiger partial charge in [-0.05, 0) is 31.7 Å². The van der Waals surface area contributed by atoms with Crippen LogP contribution in [-0.2, 0) is 0 Å². The molecule has 1 saturated carbocycles. The maximum absolute atomic E-state index is 12.9. The minimum Gasteiger partial charge on any atom is -0.338 e. The largest absolute Gasteiger partial charge is 0.338 e. The van der Waals surface area contributed by atoms with Gasteiger partial charge in [0, 0.05) is 25.5 Å². The van der Waals surface area contributed by atoms with Gasteiger partial charge in [-0.25, -0.2) is 15.0 Å². The highest BCUT2D eigenvalue weighted by Crippen LogP contribution is 2.31. The molecule has 0 spiro atoms. The first-order valence-corrected chi connectivity index (χ1v) is 8.91. The predicted octanol–water partition coefficient (Wildman–Crippen LogP) is 3.56. The van der Waals surface area contributed by atoms with Gasteiger partial charge in [-0.3, -0.25) is 4.79 Å². The maximum Gasteiger partial charge on any atom is 0.265 e. The average molecular weight is 330 g/mol. The van der Waals surface area contributed by atoms with E-state index >= 15 is 0 Å². The van der Waals surface area contributed by atoms with Crippen molar-refractivity contribution < 1.29 is 4.79 Å². The number of nitrogens with zero attached hydrogens (tertiary/aromatic N) is 4. The molecular weight excluding hydrogens is 308 g/mol. The summed E-state index contributed by atoms with van der Waals surface area (Å²) in [5.41, 5.74) is 0.762. The van der Waals surface area contributed by atoms with Gasteiger partial charge in [0.15, 0.2) is 10.8 Å². The van der Waals surface area contributed by atoms with Crippen molar-refractivity contribution in [2.24, 2.45) is 5.92 Å². The highest BCUT2D eigenvalue weighted by atomic mass is 32.1. The van der Waals surface area contributed by atoms with Gasteiger partial charge in [0.05, 0.1) is 5.69 Å². The minimum atomic E-state index is 0.0703. The Labute approximate surface area is 140 Å². The third kappa shape index (κ3) is 3.27. The Hall–Kier alpha value is -1.82. The molecule has 2 atom stereocenters. The first kappa shape index (κ1) is 16.1. The highest BCUT2D eigenvalue weighted by Gasteiger charge is 2.30. The van der Waals surface area contributed by atoms with Crippen LogP contribution in [0.5, 0.6) is 0 Å². The summed E-state index contributed by atoms with van der Waals surface area (Å²) in [6.07, 6.45) is 8.15. The Kier molecular flexibility index (Phi) is 4.71. The lowest BCUT2D eigenvalue weighted by atomic mass is 9.85. The van der Waals surface area contributed by atoms with Crippen molar-refractivity contribution >= 4 is 17.2 Å². The first-order valence-electron chi connectivity index (χ1n) is 8.10. The topological polar surface area (TPSA) is 59.0 Å². The number of aromatic nitrogens is 3. The number of aryl methyl sites for hydroxylation is 1. The SMILES string of the molecule is Cc1nc(-c2ncccn2)sc1C(=O)N(C)C1CCCCC1C. The molecule has 0 bridgehead atoms. The fraction of sp³-hybridized carbons (Fsp3) is 0.529. The number of hydrogen-bond donors (Lipinski definition) is 0. The van der Waals surface area contributed by atoms with E-state index in [1.807, 2.05) is 18.9 Å². The Bertz CT molecular complexity index is 685. The van der Waals surface area contributed by atoms with Crippen molar-refractivity contribution in [3.8, 4) is 10.8 Å². The number of amides is 1. The fourth-order valence-electron chi connectivity index (χ4n) is 3.28. The highest BCUT2D eigenvalue weighted by molar-refractivity contribution is 7.17. The zero-order valence-electron chi connectivity index (χ0n) is 13.8. The van der Waals surface area contributed by atoms with E-state index in [4.69, 9.17) is 0 Å². The van der Waals surface area contributed by atoms with Crippen molar-refractivity contribution in [1.82, 2.24) is 19.9 Å². The second kappa shape index (κ2) is 6.74. The van der Waals surface area contributed by atoms with Gasteiger partial charge in [0.1, 0.15) is 4.88 Å². The summed E-state index contributed by atoms with van der Waals surface area (Å²) in [5.74, 6) is 1.21. The molecule has 1 aliphatic carbocycles. The van der Waals surface area contributed by atoms with Crippen LogP contribution >= 0.6 is 11.3 Å². The smallest absolute Gasteiger partial charge is 0.265 e. The van der Waals surface area contributed by atoms with E-state index in [1.165, 1.54) is 30.6 Å². The van der Waals surface area contributed by atoms with Crippen molar-refractivity contribution in [3.05, 3.63) is 29.0 Å². The lowest BCUT2D eigenvalue weighted by Gasteiger charge is -2.36. The molecule has 1 fully saturated rings. The normalized spacial score (nSPS) is 21.2. The Morgan fingerprint density at radius 2 is 1.96 bits per heavy atom. The molecule has 0 radical (unpaired) electrons. The van der Waals surface area contributed by atoms with Crippen LogP contribution in [0.1, 0.15) is 48.0 Å². The summed E-state index contributed by atoms with van der Waals surface area (Å²) >= 11 is 1.39. The Balaban J connectivity index is 1.83. The molecule has 2 unspecified atom stereocenters. The fourth-order valence-corrected chi connectivity index (χ4v) is 4.28. The lowest BCUT2D eigenvalue weighted by Crippen LogP contribution is -2.42. The molecule has 1 aliphatic rings. The van der Waals surface area contributed by atoms with E-state index in [2.05, 4.69) is 21.9 Å². The molecule has 6 heteroatoms. The Morgan fingerprint density at radius 1 is 1.26 bits per heavy atom. The van der Waals surface area contributed by atoms with Gasteiger partial charge in [-0.15, -0.1) is 11.3 Å². The van der Waals surface area contributed by atoms with E-state index in [0.29, 0.717) is 27.7 Å². The summed E-state index contributed by atoms with van der Waals surface area (Å²) in [4.78, 5) is 28.5. The molecule has 2 aromatic heterocycles. The average Bonchev–Trinajstić information content (AvgIpc) is 2.97. The number of carbonyl (C=O) groups is 1. The second-order valence-electron chi connectivity index (χ2n) is 6.25. The zero-order valence-corrected chi connectivity index (χ0v) is 14.6. The van der Waals surface area contributed by atoms with Crippen LogP contribution < -0.4 is 0 Å². The number of rotatable bonds is 3. The van der Waals surface area contributed by atoms with Gasteiger partial charge < -0.3 is 4.90 Å². The summed E-state index contributed by atoms with van der Waals surface area (Å²) in [7, 11) is 1.92. The van der Waals surface area contributed by atoms with Gasteiger partial charge in [0.25, 0.3) is 5.91 Å². The summed E-state index contributed by atoms with van der Waals surface area (Å²) in [6.45, 7) is 4.13. The van der Waals surface area contributed by atoms with Crippen molar-refractivity contribution in [3.63, 3.8) is 0 Å². The van der Waals surface area contributed by atoms with E-state index < -0.39 is 0 Å². The van der Waals surface area contributed by atoms with Gasteiger partial charge in [0.2, 0.25) is 0 Å². The summed E-state index contributed by atoms with van der Waals surface area (Å²) < 4.78 is 0. The zero-order chi connectivity index (χ0) is 16.4. The van der Waals surface area contributed by atoms with Crippen LogP contribution in [0.3, 0.4) is 0 Å². The maximum atomic E-state index is 12.9. The molecule has 5 nitrogen and oxygen atoms in total. The number of hydrogen-bond acceptors (Lipinski definition) is 5. The van der Waals surface area contributed by atoms with Crippen LogP contribution in [0.4, 0.5) is 0 Å². The molecule has 1 amide bonds. The van der Waals surface area contributed by atoms with Crippen molar-refractivity contribution in [2.45, 2.75) is 45.6 Å². The van der Waals surface area contributed by atoms with Gasteiger partial charge in [-0.1, -0.05) is 19.8 Å². The number of thiazole rings is 1. The molecule has 23 heavy (non-hydrogen) atoms. The Morgan fingerprint density at radius 3 is 2.65 bits per heavy atom. The molecule has 122 valence electrons. The van der Waals surface area contributed by atoms with E-state index in [-0.39, 0.29) is 5.91 Å². The minimum absolute atomic E-state index is 0.0703. The van der Waals surface area contributed by atoms with Crippen LogP contribution in [0.15, 0.2) is 18.5 Å². The monoisotopic (exact) mass is 330 g/mol. The van der Waals surface area contributed by atoms with Crippen LogP contribution in [0.25, 0.3) is 10.8 Å². The molecular formula is C17H22N4OS. The molecule has 0 N–H and O–H groups in total. The molecule has 3 rings (SSSR count). The van der Waals surface area contributed by atoms with Crippen LogP contribution in [0, 0.1) is 12.8 Å². The van der Waals surface area contributed by atoms with E-state index in [1.54, 1.807) is 18.5 Å². The third-order valence-electron chi connectivity index (χ3n) is 4.63. The predicted molar refractivity (Wildman–Crippen MR) is 91.4 cm³/mol. The molecule has 0 saturated heterocycles. The quantitative estimate of drug-likeness (QED) is 0.863. The first-order chi connectivity index (χ1) is 11.1. The molecule has 2 aromatic rings. The third-order valence-corrected chi connectivity index (χ3v) is 5.77. The van der Waals surface area contributed by atoms with E-state index in [9.17, 15) is 4.79 Å². The van der Waals surface area contributed by atoms with Crippen LogP contribution in [-0.4, -0.2) is 38.8 Å². The van der Waals surface area contributed by atoms with E-state index in [0.717, 1.165) is 12.1 Å². The molecule has 2 heterocycles. The second-order valence-corrected chi connectivity index (χ2v) is 7.25. The standard InChI is InChI=1S/C17H22N4OS/c1-11-7-4-5-8-13(11)21(3)17(22)14-12(2)20-16(23-14)15-18-9-6-10-19-15/h6,9-11,13H,4-5,7-8H2,1-3H3. The van der Waals surface area contributed by atoms with Crippen molar-refractivity contribution in [2.75, 3.05) is 7.05 Å². The lowest BCUT2D eigenvalue weighted by molar-refractivity contribution is 0.0633. The summed E-state index contributed by atoms with van der Waals surface area (Å²) in [6, 6.07) is 2.10. The van der Waals surface area contributed by atoms with Gasteiger partial charge in [-0.2, -0.15) is 0 Å². The van der Waals surface area contributed by atoms with Crippen molar-refractivity contribution in [1.29, 1.82) is 0 Å². The number of carbonyl (C=O) groups excluding carboxylic acids is 1.